The maximum Gasteiger partial charge on any atom is 0.424 e. The first-order valence-electron chi connectivity index (χ1n) is 10.0. The van der Waals surface area contributed by atoms with Crippen LogP contribution in [0.15, 0.2) is 60.7 Å². The molecule has 1 aliphatic rings. The van der Waals surface area contributed by atoms with Crippen molar-refractivity contribution in [3.8, 4) is 5.75 Å². The molecule has 32 heavy (non-hydrogen) atoms. The summed E-state index contributed by atoms with van der Waals surface area (Å²) in [5.41, 5.74) is 1.50. The molecular weight excluding hydrogens is 506 g/mol. The van der Waals surface area contributed by atoms with Crippen LogP contribution in [-0.2, 0) is 11.8 Å². The van der Waals surface area contributed by atoms with Crippen molar-refractivity contribution in [2.45, 2.75) is 13.8 Å². The van der Waals surface area contributed by atoms with Gasteiger partial charge >= 0.3 is 6.09 Å². The van der Waals surface area contributed by atoms with E-state index in [9.17, 15) is 4.79 Å². The zero-order valence-electron chi connectivity index (χ0n) is 17.4. The lowest BCUT2D eigenvalue weighted by Crippen LogP contribution is -2.43. The molecule has 0 N–H and O–H groups in total. The van der Waals surface area contributed by atoms with Crippen LogP contribution >= 0.6 is 41.0 Å². The van der Waals surface area contributed by atoms with Crippen molar-refractivity contribution in [2.24, 2.45) is 0 Å². The smallest absolute Gasteiger partial charge is 0.409 e. The molecule has 0 aliphatic carbocycles. The van der Waals surface area contributed by atoms with Crippen LogP contribution in [0.1, 0.15) is 13.8 Å². The summed E-state index contributed by atoms with van der Waals surface area (Å²) < 4.78 is 7.34. The van der Waals surface area contributed by atoms with Gasteiger partial charge in [-0.2, -0.15) is 0 Å². The Morgan fingerprint density at radius 3 is 2.25 bits per heavy atom. The summed E-state index contributed by atoms with van der Waals surface area (Å²) in [5, 5.41) is 2.92. The topological polar surface area (TPSA) is 32.8 Å². The van der Waals surface area contributed by atoms with Crippen LogP contribution in [0.4, 0.5) is 16.2 Å². The molecule has 0 aromatic heterocycles. The Labute approximate surface area is 207 Å². The van der Waals surface area contributed by atoms with E-state index >= 15 is 0 Å². The molecule has 0 saturated carbocycles. The minimum Gasteiger partial charge on any atom is -0.409 e. The first kappa shape index (κ1) is 23.4. The molecule has 1 atom stereocenters. The summed E-state index contributed by atoms with van der Waals surface area (Å²) in [6.07, 6.45) is -3.40. The monoisotopic (exact) mass is 524 g/mol. The first-order chi connectivity index (χ1) is 15.3. The Bertz CT molecular complexity index is 1230. The zero-order valence-corrected chi connectivity index (χ0v) is 21.4. The fourth-order valence-electron chi connectivity index (χ4n) is 3.76. The molecule has 3 aromatic rings. The van der Waals surface area contributed by atoms with Crippen LogP contribution in [0, 0.1) is 0 Å². The molecule has 0 spiro atoms. The van der Waals surface area contributed by atoms with Crippen LogP contribution in [0.5, 0.6) is 5.75 Å². The van der Waals surface area contributed by atoms with E-state index in [2.05, 4.69) is 18.7 Å². The summed E-state index contributed by atoms with van der Waals surface area (Å²) in [6.45, 7) is 5.84. The third kappa shape index (κ3) is 4.02. The van der Waals surface area contributed by atoms with Gasteiger partial charge in [0.25, 0.3) is 0 Å². The number of carbonyl (C=O) groups is 1. The van der Waals surface area contributed by atoms with Gasteiger partial charge in [0.15, 0.2) is 0 Å². The van der Waals surface area contributed by atoms with Gasteiger partial charge in [0.05, 0.1) is 21.0 Å². The maximum absolute atomic E-state index is 13.4. The Morgan fingerprint density at radius 2 is 1.62 bits per heavy atom. The van der Waals surface area contributed by atoms with Gasteiger partial charge in [-0.3, -0.25) is 0 Å². The van der Waals surface area contributed by atoms with Crippen molar-refractivity contribution >= 4 is 80.9 Å². The molecule has 4 nitrogen and oxygen atoms in total. The van der Waals surface area contributed by atoms with Crippen molar-refractivity contribution in [1.82, 2.24) is 0 Å². The number of anilines is 2. The first-order valence-corrected chi connectivity index (χ1v) is 13.9. The number of fused-ring (bicyclic) bond motifs is 1. The van der Waals surface area contributed by atoms with E-state index in [0.717, 1.165) is 29.4 Å². The summed E-state index contributed by atoms with van der Waals surface area (Å²) in [4.78, 5) is 15.6. The minimum atomic E-state index is -2.85. The second kappa shape index (κ2) is 9.24. The summed E-state index contributed by atoms with van der Waals surface area (Å²) in [7, 11) is 0. The van der Waals surface area contributed by atoms with Gasteiger partial charge in [0.1, 0.15) is 11.9 Å². The van der Waals surface area contributed by atoms with Gasteiger partial charge in [-0.1, -0.05) is 58.7 Å². The number of ether oxygens (including phenoxy) is 1. The number of benzene rings is 3. The average Bonchev–Trinajstić information content (AvgIpc) is 2.77. The standard InChI is InChI=1S/C23H20Cl3N2O2PS/c1-3-27(4-2)16-8-12-22-21(14-16)30-23(29)28(17-7-11-19(25)20(26)13-17)31(22,32)18-9-5-15(24)6-10-18/h5-14H,3-4H2,1-2H3. The number of amides is 1. The molecule has 0 bridgehead atoms. The molecule has 3 aromatic carbocycles. The van der Waals surface area contributed by atoms with E-state index in [4.69, 9.17) is 51.3 Å². The lowest BCUT2D eigenvalue weighted by Gasteiger charge is -2.40. The quantitative estimate of drug-likeness (QED) is 0.341. The Hall–Kier alpha value is -1.75. The number of hydrogen-bond acceptors (Lipinski definition) is 4. The Balaban J connectivity index is 1.96. The van der Waals surface area contributed by atoms with E-state index < -0.39 is 12.3 Å². The number of carbonyl (C=O) groups excluding carboxylic acids is 1. The van der Waals surface area contributed by atoms with Crippen LogP contribution in [0.25, 0.3) is 0 Å². The molecule has 1 aliphatic heterocycles. The molecule has 0 radical (unpaired) electrons. The normalized spacial score (nSPS) is 17.7. The highest BCUT2D eigenvalue weighted by Crippen LogP contribution is 2.56. The lowest BCUT2D eigenvalue weighted by atomic mass is 10.2. The molecule has 0 saturated heterocycles. The summed E-state index contributed by atoms with van der Waals surface area (Å²) in [6, 6.07) is 18.2. The lowest BCUT2D eigenvalue weighted by molar-refractivity contribution is 0.211. The molecule has 1 heterocycles. The molecule has 4 rings (SSSR count). The fraction of sp³-hybridized carbons (Fsp3) is 0.174. The summed E-state index contributed by atoms with van der Waals surface area (Å²) in [5.74, 6) is 0.481. The largest absolute Gasteiger partial charge is 0.424 e. The van der Waals surface area contributed by atoms with Gasteiger partial charge in [-0.25, -0.2) is 9.46 Å². The van der Waals surface area contributed by atoms with Crippen molar-refractivity contribution in [3.63, 3.8) is 0 Å². The van der Waals surface area contributed by atoms with E-state index in [1.54, 1.807) is 30.3 Å². The molecular formula is C23H20Cl3N2O2PS. The fourth-order valence-corrected chi connectivity index (χ4v) is 8.17. The third-order valence-electron chi connectivity index (χ3n) is 5.37. The maximum atomic E-state index is 13.4. The SMILES string of the molecule is CCN(CC)c1ccc2c(c1)OC(=O)N(c1ccc(Cl)c(Cl)c1)P2(=S)c1ccc(Cl)cc1. The molecule has 9 heteroatoms. The van der Waals surface area contributed by atoms with Gasteiger partial charge in [-0.05, 0) is 56.3 Å². The van der Waals surface area contributed by atoms with E-state index in [1.165, 1.54) is 4.67 Å². The minimum absolute atomic E-state index is 0.331. The van der Waals surface area contributed by atoms with Crippen molar-refractivity contribution < 1.29 is 9.53 Å². The highest BCUT2D eigenvalue weighted by atomic mass is 35.5. The predicted molar refractivity (Wildman–Crippen MR) is 140 cm³/mol. The summed E-state index contributed by atoms with van der Waals surface area (Å²) >= 11 is 24.9. The number of nitrogens with zero attached hydrogens (tertiary/aromatic N) is 2. The van der Waals surface area contributed by atoms with Gasteiger partial charge < -0.3 is 9.64 Å². The number of rotatable bonds is 5. The highest BCUT2D eigenvalue weighted by molar-refractivity contribution is 8.23. The van der Waals surface area contributed by atoms with Crippen molar-refractivity contribution in [2.75, 3.05) is 22.7 Å². The molecule has 166 valence electrons. The number of hydrogen-bond donors (Lipinski definition) is 0. The van der Waals surface area contributed by atoms with Crippen LogP contribution in [0.2, 0.25) is 15.1 Å². The van der Waals surface area contributed by atoms with Gasteiger partial charge in [0, 0.05) is 35.2 Å². The number of halogens is 3. The molecule has 1 unspecified atom stereocenters. The van der Waals surface area contributed by atoms with E-state index in [-0.39, 0.29) is 0 Å². The second-order valence-electron chi connectivity index (χ2n) is 7.15. The predicted octanol–water partition coefficient (Wildman–Crippen LogP) is 6.86. The van der Waals surface area contributed by atoms with Crippen LogP contribution < -0.4 is 24.9 Å². The highest BCUT2D eigenvalue weighted by Gasteiger charge is 2.43. The average molecular weight is 526 g/mol. The van der Waals surface area contributed by atoms with Gasteiger partial charge in [-0.15, -0.1) is 0 Å². The third-order valence-corrected chi connectivity index (χ3v) is 11.1. The Morgan fingerprint density at radius 1 is 0.938 bits per heavy atom. The van der Waals surface area contributed by atoms with E-state index in [0.29, 0.717) is 26.5 Å². The molecule has 0 fully saturated rings. The second-order valence-corrected chi connectivity index (χ2v) is 12.5. The molecule has 1 amide bonds. The zero-order chi connectivity index (χ0) is 23.0. The van der Waals surface area contributed by atoms with Gasteiger partial charge in [0.2, 0.25) is 0 Å². The van der Waals surface area contributed by atoms with Crippen LogP contribution in [-0.4, -0.2) is 19.2 Å². The van der Waals surface area contributed by atoms with Crippen molar-refractivity contribution in [1.29, 1.82) is 0 Å². The Kier molecular flexibility index (Phi) is 6.76. The van der Waals surface area contributed by atoms with Crippen molar-refractivity contribution in [3.05, 3.63) is 75.7 Å². The van der Waals surface area contributed by atoms with E-state index in [1.807, 2.05) is 30.3 Å². The van der Waals surface area contributed by atoms with Crippen LogP contribution in [0.3, 0.4) is 0 Å².